The molecule has 4 rings (SSSR count). The van der Waals surface area contributed by atoms with Crippen molar-refractivity contribution in [1.29, 1.82) is 0 Å². The van der Waals surface area contributed by atoms with Crippen LogP contribution in [0.15, 0.2) is 47.6 Å². The van der Waals surface area contributed by atoms with Crippen LogP contribution in [0.4, 0.5) is 11.6 Å². The number of thioether (sulfide) groups is 1. The summed E-state index contributed by atoms with van der Waals surface area (Å²) < 4.78 is 7.45. The van der Waals surface area contributed by atoms with Crippen molar-refractivity contribution >= 4 is 23.4 Å². The number of rotatable bonds is 5. The van der Waals surface area contributed by atoms with Crippen LogP contribution in [0.1, 0.15) is 16.7 Å². The number of nitrogens with zero attached hydrogens (tertiary/aromatic N) is 4. The summed E-state index contributed by atoms with van der Waals surface area (Å²) in [6, 6.07) is 14.7. The van der Waals surface area contributed by atoms with Crippen molar-refractivity contribution in [3.63, 3.8) is 0 Å². The van der Waals surface area contributed by atoms with Gasteiger partial charge in [0, 0.05) is 24.5 Å². The van der Waals surface area contributed by atoms with E-state index in [0.29, 0.717) is 0 Å². The number of aryl methyl sites for hydroxylation is 2. The maximum absolute atomic E-state index is 5.24. The molecule has 5 nitrogen and oxygen atoms in total. The molecule has 0 atom stereocenters. The Morgan fingerprint density at radius 1 is 1.04 bits per heavy atom. The molecule has 0 saturated carbocycles. The van der Waals surface area contributed by atoms with Crippen molar-refractivity contribution in [1.82, 2.24) is 14.8 Å². The van der Waals surface area contributed by atoms with Gasteiger partial charge in [0.05, 0.1) is 7.11 Å². The number of benzene rings is 2. The van der Waals surface area contributed by atoms with Gasteiger partial charge in [0.25, 0.3) is 0 Å². The van der Waals surface area contributed by atoms with Gasteiger partial charge in [0.15, 0.2) is 5.16 Å². The molecule has 0 saturated heterocycles. The third-order valence-electron chi connectivity index (χ3n) is 4.73. The molecule has 0 radical (unpaired) electrons. The van der Waals surface area contributed by atoms with Crippen LogP contribution in [0.2, 0.25) is 0 Å². The van der Waals surface area contributed by atoms with E-state index in [9.17, 15) is 0 Å². The molecule has 1 aliphatic heterocycles. The second kappa shape index (κ2) is 7.03. The summed E-state index contributed by atoms with van der Waals surface area (Å²) in [5.74, 6) is 2.69. The first kappa shape index (κ1) is 17.0. The fraction of sp³-hybridized carbons (Fsp3) is 0.300. The van der Waals surface area contributed by atoms with E-state index in [1.165, 1.54) is 16.7 Å². The maximum atomic E-state index is 5.24. The zero-order valence-corrected chi connectivity index (χ0v) is 16.1. The van der Waals surface area contributed by atoms with E-state index < -0.39 is 0 Å². The van der Waals surface area contributed by atoms with E-state index in [4.69, 9.17) is 4.74 Å². The minimum absolute atomic E-state index is 0.860. The molecule has 0 unspecified atom stereocenters. The highest BCUT2D eigenvalue weighted by Gasteiger charge is 2.26. The summed E-state index contributed by atoms with van der Waals surface area (Å²) in [5.41, 5.74) is 5.09. The molecule has 2 heterocycles. The topological polar surface area (TPSA) is 43.2 Å². The molecule has 0 amide bonds. The molecule has 0 N–H and O–H groups in total. The van der Waals surface area contributed by atoms with E-state index in [1.54, 1.807) is 18.9 Å². The Morgan fingerprint density at radius 2 is 1.85 bits per heavy atom. The van der Waals surface area contributed by atoms with E-state index in [2.05, 4.69) is 63.8 Å². The van der Waals surface area contributed by atoms with Crippen LogP contribution in [-0.4, -0.2) is 28.4 Å². The van der Waals surface area contributed by atoms with Gasteiger partial charge in [0.1, 0.15) is 5.75 Å². The second-order valence-electron chi connectivity index (χ2n) is 6.50. The molecule has 0 fully saturated rings. The lowest BCUT2D eigenvalue weighted by Crippen LogP contribution is -2.14. The van der Waals surface area contributed by atoms with Crippen molar-refractivity contribution < 1.29 is 4.74 Å². The van der Waals surface area contributed by atoms with E-state index >= 15 is 0 Å². The predicted octanol–water partition coefficient (Wildman–Crippen LogP) is 4.35. The van der Waals surface area contributed by atoms with Gasteiger partial charge in [-0.3, -0.25) is 4.57 Å². The summed E-state index contributed by atoms with van der Waals surface area (Å²) >= 11 is 1.75. The average Bonchev–Trinajstić information content (AvgIpc) is 3.25. The molecular formula is C20H22N4OS. The first-order valence-electron chi connectivity index (χ1n) is 8.69. The quantitative estimate of drug-likeness (QED) is 0.628. The van der Waals surface area contributed by atoms with Crippen LogP contribution in [0.3, 0.4) is 0 Å². The SMILES string of the molecule is COc1ccc(N2CCn3c(SCc4cc(C)ccc4C)nnc32)cc1. The summed E-state index contributed by atoms with van der Waals surface area (Å²) in [6.45, 7) is 6.11. The van der Waals surface area contributed by atoms with Gasteiger partial charge in [-0.1, -0.05) is 35.5 Å². The molecule has 0 bridgehead atoms. The number of aromatic nitrogens is 3. The largest absolute Gasteiger partial charge is 0.497 e. The summed E-state index contributed by atoms with van der Waals surface area (Å²) in [7, 11) is 1.68. The molecule has 3 aromatic rings. The molecule has 0 spiro atoms. The molecular weight excluding hydrogens is 344 g/mol. The van der Waals surface area contributed by atoms with E-state index in [0.717, 1.165) is 41.4 Å². The Balaban J connectivity index is 1.52. The minimum atomic E-state index is 0.860. The Kier molecular flexibility index (Phi) is 4.59. The van der Waals surface area contributed by atoms with Gasteiger partial charge in [-0.05, 0) is 49.2 Å². The first-order valence-corrected chi connectivity index (χ1v) is 9.68. The molecule has 0 aliphatic carbocycles. The minimum Gasteiger partial charge on any atom is -0.497 e. The molecule has 26 heavy (non-hydrogen) atoms. The Labute approximate surface area is 158 Å². The lowest BCUT2D eigenvalue weighted by atomic mass is 10.1. The van der Waals surface area contributed by atoms with Crippen LogP contribution < -0.4 is 9.64 Å². The number of methoxy groups -OCH3 is 1. The maximum Gasteiger partial charge on any atom is 0.232 e. The van der Waals surface area contributed by atoms with Crippen molar-refractivity contribution in [2.45, 2.75) is 31.3 Å². The third kappa shape index (κ3) is 3.17. The van der Waals surface area contributed by atoms with Crippen LogP contribution >= 0.6 is 11.8 Å². The zero-order chi connectivity index (χ0) is 18.1. The van der Waals surface area contributed by atoms with E-state index in [-0.39, 0.29) is 0 Å². The standard InChI is InChI=1S/C20H22N4OS/c1-14-4-5-15(2)16(12-14)13-26-20-22-21-19-23(10-11-24(19)20)17-6-8-18(25-3)9-7-17/h4-9,12H,10-11,13H2,1-3H3. The van der Waals surface area contributed by atoms with Crippen molar-refractivity contribution in [2.75, 3.05) is 18.6 Å². The highest BCUT2D eigenvalue weighted by atomic mass is 32.2. The normalized spacial score (nSPS) is 13.1. The van der Waals surface area contributed by atoms with Gasteiger partial charge in [0.2, 0.25) is 5.95 Å². The van der Waals surface area contributed by atoms with Gasteiger partial charge in [-0.25, -0.2) is 0 Å². The van der Waals surface area contributed by atoms with Crippen molar-refractivity contribution in [3.05, 3.63) is 59.2 Å². The Morgan fingerprint density at radius 3 is 2.62 bits per heavy atom. The lowest BCUT2D eigenvalue weighted by molar-refractivity contribution is 0.415. The van der Waals surface area contributed by atoms with Crippen LogP contribution in [0, 0.1) is 13.8 Å². The first-order chi connectivity index (χ1) is 12.7. The van der Waals surface area contributed by atoms with Crippen molar-refractivity contribution in [2.24, 2.45) is 0 Å². The van der Waals surface area contributed by atoms with Crippen LogP contribution in [0.25, 0.3) is 0 Å². The van der Waals surface area contributed by atoms with E-state index in [1.807, 2.05) is 12.1 Å². The van der Waals surface area contributed by atoms with Gasteiger partial charge >= 0.3 is 0 Å². The number of hydrogen-bond acceptors (Lipinski definition) is 5. The predicted molar refractivity (Wildman–Crippen MR) is 105 cm³/mol. The number of hydrogen-bond donors (Lipinski definition) is 0. The summed E-state index contributed by atoms with van der Waals surface area (Å²) in [6.07, 6.45) is 0. The highest BCUT2D eigenvalue weighted by Crippen LogP contribution is 2.34. The highest BCUT2D eigenvalue weighted by molar-refractivity contribution is 7.98. The van der Waals surface area contributed by atoms with Crippen LogP contribution in [0.5, 0.6) is 5.75 Å². The number of ether oxygens (including phenoxy) is 1. The molecule has 6 heteroatoms. The molecule has 2 aromatic carbocycles. The fourth-order valence-electron chi connectivity index (χ4n) is 3.19. The average molecular weight is 366 g/mol. The molecule has 134 valence electrons. The Bertz CT molecular complexity index is 920. The lowest BCUT2D eigenvalue weighted by Gasteiger charge is -2.15. The summed E-state index contributed by atoms with van der Waals surface area (Å²) in [4.78, 5) is 2.20. The fourth-order valence-corrected chi connectivity index (χ4v) is 4.21. The number of fused-ring (bicyclic) bond motifs is 1. The summed E-state index contributed by atoms with van der Waals surface area (Å²) in [5, 5.41) is 9.84. The molecule has 1 aromatic heterocycles. The Hall–Kier alpha value is -2.47. The van der Waals surface area contributed by atoms with Crippen molar-refractivity contribution in [3.8, 4) is 5.75 Å². The van der Waals surface area contributed by atoms with Crippen LogP contribution in [-0.2, 0) is 12.3 Å². The smallest absolute Gasteiger partial charge is 0.232 e. The van der Waals surface area contributed by atoms with Gasteiger partial charge in [-0.15, -0.1) is 10.2 Å². The third-order valence-corrected chi connectivity index (χ3v) is 5.75. The second-order valence-corrected chi connectivity index (χ2v) is 7.44. The molecule has 1 aliphatic rings. The van der Waals surface area contributed by atoms with Gasteiger partial charge < -0.3 is 9.64 Å². The monoisotopic (exact) mass is 366 g/mol. The number of anilines is 2. The van der Waals surface area contributed by atoms with Gasteiger partial charge in [-0.2, -0.15) is 0 Å². The zero-order valence-electron chi connectivity index (χ0n) is 15.3.